The van der Waals surface area contributed by atoms with Gasteiger partial charge in [0, 0.05) is 16.8 Å². The van der Waals surface area contributed by atoms with Crippen LogP contribution in [0, 0.1) is 13.8 Å². The van der Waals surface area contributed by atoms with Crippen molar-refractivity contribution in [3.8, 4) is 34.0 Å². The van der Waals surface area contributed by atoms with E-state index in [4.69, 9.17) is 14.5 Å². The maximum atomic E-state index is 13.2. The normalized spacial score (nSPS) is 11.7. The van der Waals surface area contributed by atoms with Crippen LogP contribution < -0.4 is 14.8 Å². The Balaban J connectivity index is 1.65. The molecule has 2 N–H and O–H groups in total. The average Bonchev–Trinajstić information content (AvgIpc) is 3.33. The third-order valence-electron chi connectivity index (χ3n) is 5.99. The molecule has 36 heavy (non-hydrogen) atoms. The number of hydrogen-bond acceptors (Lipinski definition) is 5. The first-order chi connectivity index (χ1) is 17.4. The highest BCUT2D eigenvalue weighted by molar-refractivity contribution is 8.00. The van der Waals surface area contributed by atoms with Crippen LogP contribution in [-0.2, 0) is 4.79 Å². The Morgan fingerprint density at radius 1 is 0.944 bits per heavy atom. The predicted octanol–water partition coefficient (Wildman–Crippen LogP) is 6.89. The van der Waals surface area contributed by atoms with Gasteiger partial charge in [-0.15, -0.1) is 0 Å². The maximum Gasteiger partial charge on any atom is 0.237 e. The van der Waals surface area contributed by atoms with Crippen LogP contribution in [0.3, 0.4) is 0 Å². The zero-order valence-electron chi connectivity index (χ0n) is 21.2. The van der Waals surface area contributed by atoms with Crippen molar-refractivity contribution in [1.82, 2.24) is 9.97 Å². The van der Waals surface area contributed by atoms with E-state index in [9.17, 15) is 4.79 Å². The molecule has 0 aliphatic rings. The van der Waals surface area contributed by atoms with E-state index >= 15 is 0 Å². The van der Waals surface area contributed by atoms with Crippen molar-refractivity contribution in [1.29, 1.82) is 0 Å². The van der Waals surface area contributed by atoms with Gasteiger partial charge in [-0.2, -0.15) is 0 Å². The van der Waals surface area contributed by atoms with Crippen LogP contribution in [0.2, 0.25) is 0 Å². The van der Waals surface area contributed by atoms with Crippen molar-refractivity contribution in [3.05, 3.63) is 77.9 Å². The number of anilines is 1. The number of thioether (sulfide) groups is 1. The van der Waals surface area contributed by atoms with Gasteiger partial charge in [0.1, 0.15) is 11.5 Å². The van der Waals surface area contributed by atoms with Crippen LogP contribution in [-0.4, -0.2) is 35.3 Å². The largest absolute Gasteiger partial charge is 0.497 e. The Morgan fingerprint density at radius 3 is 2.14 bits per heavy atom. The lowest BCUT2D eigenvalue weighted by atomic mass is 10.0. The summed E-state index contributed by atoms with van der Waals surface area (Å²) in [6.07, 6.45) is 0.664. The number of methoxy groups -OCH3 is 2. The Morgan fingerprint density at radius 2 is 1.56 bits per heavy atom. The first-order valence-corrected chi connectivity index (χ1v) is 12.7. The molecule has 0 radical (unpaired) electrons. The first kappa shape index (κ1) is 25.4. The van der Waals surface area contributed by atoms with E-state index in [1.165, 1.54) is 11.8 Å². The van der Waals surface area contributed by atoms with Crippen LogP contribution in [0.15, 0.2) is 71.9 Å². The number of rotatable bonds is 9. The molecule has 0 aliphatic heterocycles. The van der Waals surface area contributed by atoms with E-state index in [0.29, 0.717) is 11.6 Å². The van der Waals surface area contributed by atoms with Gasteiger partial charge in [-0.3, -0.25) is 4.79 Å². The minimum Gasteiger partial charge on any atom is -0.497 e. The third-order valence-corrected chi connectivity index (χ3v) is 7.24. The molecule has 186 valence electrons. The molecule has 0 saturated carbocycles. The predicted molar refractivity (Wildman–Crippen MR) is 147 cm³/mol. The Labute approximate surface area is 216 Å². The van der Waals surface area contributed by atoms with Gasteiger partial charge in [0.05, 0.1) is 30.9 Å². The summed E-state index contributed by atoms with van der Waals surface area (Å²) in [4.78, 5) is 21.6. The van der Waals surface area contributed by atoms with Crippen molar-refractivity contribution >= 4 is 23.4 Å². The van der Waals surface area contributed by atoms with Crippen molar-refractivity contribution in [2.75, 3.05) is 19.5 Å². The van der Waals surface area contributed by atoms with Gasteiger partial charge in [-0.25, -0.2) is 4.98 Å². The van der Waals surface area contributed by atoms with E-state index in [2.05, 4.69) is 10.3 Å². The Kier molecular flexibility index (Phi) is 8.00. The molecule has 0 fully saturated rings. The molecule has 1 aromatic heterocycles. The smallest absolute Gasteiger partial charge is 0.237 e. The number of aryl methyl sites for hydroxylation is 2. The van der Waals surface area contributed by atoms with Crippen LogP contribution in [0.1, 0.15) is 24.5 Å². The summed E-state index contributed by atoms with van der Waals surface area (Å²) in [5.41, 5.74) is 6.62. The summed E-state index contributed by atoms with van der Waals surface area (Å²) >= 11 is 1.44. The minimum absolute atomic E-state index is 0.0374. The zero-order valence-corrected chi connectivity index (χ0v) is 22.0. The number of aromatic amines is 1. The third kappa shape index (κ3) is 5.74. The van der Waals surface area contributed by atoms with Gasteiger partial charge < -0.3 is 19.8 Å². The van der Waals surface area contributed by atoms with E-state index in [-0.39, 0.29) is 11.2 Å². The summed E-state index contributed by atoms with van der Waals surface area (Å²) in [6.45, 7) is 6.03. The monoisotopic (exact) mass is 501 g/mol. The lowest BCUT2D eigenvalue weighted by Crippen LogP contribution is -2.25. The molecule has 1 amide bonds. The fourth-order valence-electron chi connectivity index (χ4n) is 3.87. The van der Waals surface area contributed by atoms with E-state index in [1.807, 2.05) is 87.5 Å². The SMILES string of the molecule is CCC(Sc1nc(-c2ccc(OC)cc2)c(-c2ccc(OC)cc2)[nH]1)C(=O)Nc1cc(C)ccc1C. The van der Waals surface area contributed by atoms with Gasteiger partial charge in [0.15, 0.2) is 5.16 Å². The highest BCUT2D eigenvalue weighted by Crippen LogP contribution is 2.36. The Bertz CT molecular complexity index is 1270. The standard InChI is InChI=1S/C29H31N3O3S/c1-6-25(28(33)30-24-17-18(2)7-8-19(24)3)36-29-31-26(20-9-13-22(34-4)14-10-20)27(32-29)21-11-15-23(35-5)16-12-21/h7-17,25H,6H2,1-5H3,(H,30,33)(H,31,32). The first-order valence-electron chi connectivity index (χ1n) is 11.9. The molecular weight excluding hydrogens is 470 g/mol. The van der Waals surface area contributed by atoms with E-state index < -0.39 is 0 Å². The van der Waals surface area contributed by atoms with Crippen molar-refractivity contribution in [3.63, 3.8) is 0 Å². The molecule has 0 bridgehead atoms. The van der Waals surface area contributed by atoms with Gasteiger partial charge in [-0.05, 0) is 86.0 Å². The molecule has 4 rings (SSSR count). The summed E-state index contributed by atoms with van der Waals surface area (Å²) in [5.74, 6) is 1.53. The lowest BCUT2D eigenvalue weighted by Gasteiger charge is -2.15. The number of carbonyl (C=O) groups is 1. The number of nitrogens with zero attached hydrogens (tertiary/aromatic N) is 1. The molecule has 0 aliphatic carbocycles. The highest BCUT2D eigenvalue weighted by Gasteiger charge is 2.23. The molecule has 1 unspecified atom stereocenters. The quantitative estimate of drug-likeness (QED) is 0.244. The molecule has 0 spiro atoms. The topological polar surface area (TPSA) is 76.2 Å². The van der Waals surface area contributed by atoms with Crippen LogP contribution in [0.25, 0.3) is 22.5 Å². The molecule has 1 heterocycles. The molecule has 3 aromatic carbocycles. The minimum atomic E-state index is -0.302. The molecular formula is C29H31N3O3S. The number of hydrogen-bond donors (Lipinski definition) is 2. The summed E-state index contributed by atoms with van der Waals surface area (Å²) in [6, 6.07) is 21.7. The average molecular weight is 502 g/mol. The second-order valence-electron chi connectivity index (χ2n) is 8.54. The summed E-state index contributed by atoms with van der Waals surface area (Å²) < 4.78 is 10.6. The fraction of sp³-hybridized carbons (Fsp3) is 0.241. The molecule has 7 heteroatoms. The molecule has 0 saturated heterocycles. The highest BCUT2D eigenvalue weighted by atomic mass is 32.2. The maximum absolute atomic E-state index is 13.2. The number of amides is 1. The number of carbonyl (C=O) groups excluding carboxylic acids is 1. The van der Waals surface area contributed by atoms with Crippen LogP contribution in [0.5, 0.6) is 11.5 Å². The van der Waals surface area contributed by atoms with Crippen molar-refractivity contribution in [2.24, 2.45) is 0 Å². The zero-order chi connectivity index (χ0) is 25.7. The second-order valence-corrected chi connectivity index (χ2v) is 9.74. The number of benzene rings is 3. The lowest BCUT2D eigenvalue weighted by molar-refractivity contribution is -0.115. The molecule has 1 atom stereocenters. The van der Waals surface area contributed by atoms with Gasteiger partial charge in [0.25, 0.3) is 0 Å². The van der Waals surface area contributed by atoms with Crippen LogP contribution >= 0.6 is 11.8 Å². The number of aromatic nitrogens is 2. The summed E-state index contributed by atoms with van der Waals surface area (Å²) in [5, 5.41) is 3.49. The fourth-order valence-corrected chi connectivity index (χ4v) is 4.78. The Hall–Kier alpha value is -3.71. The van der Waals surface area contributed by atoms with E-state index in [1.54, 1.807) is 14.2 Å². The van der Waals surface area contributed by atoms with Gasteiger partial charge in [-0.1, -0.05) is 30.8 Å². The number of nitrogens with one attached hydrogen (secondary N) is 2. The molecule has 4 aromatic rings. The van der Waals surface area contributed by atoms with Gasteiger partial charge >= 0.3 is 0 Å². The van der Waals surface area contributed by atoms with E-state index in [0.717, 1.165) is 50.8 Å². The number of H-pyrrole nitrogens is 1. The van der Waals surface area contributed by atoms with Crippen molar-refractivity contribution < 1.29 is 14.3 Å². The number of imidazole rings is 1. The summed E-state index contributed by atoms with van der Waals surface area (Å²) in [7, 11) is 3.30. The second kappa shape index (κ2) is 11.4. The van der Waals surface area contributed by atoms with Gasteiger partial charge in [0.2, 0.25) is 5.91 Å². The molecule has 6 nitrogen and oxygen atoms in total. The van der Waals surface area contributed by atoms with Crippen LogP contribution in [0.4, 0.5) is 5.69 Å². The number of ether oxygens (including phenoxy) is 2. The van der Waals surface area contributed by atoms with Crippen molar-refractivity contribution in [2.45, 2.75) is 37.6 Å².